The van der Waals surface area contributed by atoms with Gasteiger partial charge in [-0.3, -0.25) is 4.79 Å². The lowest BCUT2D eigenvalue weighted by atomic mass is 10.2. The van der Waals surface area contributed by atoms with E-state index in [4.69, 9.17) is 11.6 Å². The summed E-state index contributed by atoms with van der Waals surface area (Å²) in [5.41, 5.74) is 1.76. The van der Waals surface area contributed by atoms with Gasteiger partial charge in [-0.15, -0.1) is 11.8 Å². The summed E-state index contributed by atoms with van der Waals surface area (Å²) in [6.45, 7) is 2.63. The van der Waals surface area contributed by atoms with E-state index < -0.39 is 0 Å². The average molecular weight is 398 g/mol. The largest absolute Gasteiger partial charge is 0.355 e. The first-order valence-corrected chi connectivity index (χ1v) is 10.5. The van der Waals surface area contributed by atoms with E-state index in [1.807, 2.05) is 0 Å². The molecule has 2 aromatic carbocycles. The number of hydrogen-bond donors (Lipinski definition) is 1. The maximum Gasteiger partial charge on any atom is 0.220 e. The summed E-state index contributed by atoms with van der Waals surface area (Å²) in [6, 6.07) is 13.0. The normalized spacial score (nSPS) is 10.7. The van der Waals surface area contributed by atoms with Gasteiger partial charge in [-0.25, -0.2) is 4.39 Å². The molecule has 0 atom stereocenters. The topological polar surface area (TPSA) is 29.1 Å². The Kier molecular flexibility index (Phi) is 8.65. The van der Waals surface area contributed by atoms with Crippen LogP contribution >= 0.6 is 35.1 Å². The average Bonchev–Trinajstić information content (AvgIpc) is 2.58. The molecule has 0 unspecified atom stereocenters. The van der Waals surface area contributed by atoms with Crippen molar-refractivity contribution in [3.63, 3.8) is 0 Å². The van der Waals surface area contributed by atoms with Crippen molar-refractivity contribution in [2.24, 2.45) is 0 Å². The summed E-state index contributed by atoms with van der Waals surface area (Å²) in [4.78, 5) is 13.0. The maximum absolute atomic E-state index is 13.6. The summed E-state index contributed by atoms with van der Waals surface area (Å²) in [6.07, 6.45) is 0.488. The Morgan fingerprint density at radius 2 is 1.92 bits per heavy atom. The maximum atomic E-state index is 13.6. The summed E-state index contributed by atoms with van der Waals surface area (Å²) in [7, 11) is 0. The fraction of sp³-hybridized carbons (Fsp3) is 0.316. The van der Waals surface area contributed by atoms with Gasteiger partial charge in [-0.05, 0) is 31.2 Å². The predicted molar refractivity (Wildman–Crippen MR) is 107 cm³/mol. The first kappa shape index (κ1) is 20.1. The number of carbonyl (C=O) groups is 1. The van der Waals surface area contributed by atoms with Crippen molar-refractivity contribution in [2.45, 2.75) is 24.0 Å². The lowest BCUT2D eigenvalue weighted by molar-refractivity contribution is -0.120. The molecule has 25 heavy (non-hydrogen) atoms. The molecule has 0 aliphatic rings. The molecule has 0 aliphatic carbocycles. The number of carbonyl (C=O) groups excluding carboxylic acids is 1. The number of amides is 1. The van der Waals surface area contributed by atoms with Crippen LogP contribution in [0.1, 0.15) is 17.5 Å². The van der Waals surface area contributed by atoms with E-state index in [1.54, 1.807) is 35.7 Å². The van der Waals surface area contributed by atoms with Crippen LogP contribution in [-0.2, 0) is 10.5 Å². The van der Waals surface area contributed by atoms with Gasteiger partial charge in [0.25, 0.3) is 0 Å². The molecule has 0 bridgehead atoms. The molecule has 2 aromatic rings. The number of thioether (sulfide) groups is 2. The van der Waals surface area contributed by atoms with Crippen LogP contribution in [0.3, 0.4) is 0 Å². The standard InChI is InChI=1S/C19H21ClFNOS2/c1-14-5-7-15(8-6-14)25-11-9-19(23)22-10-12-24-13-16-17(20)3-2-4-18(16)21/h2-8H,9-13H2,1H3,(H,22,23). The third-order valence-corrected chi connectivity index (χ3v) is 5.85. The van der Waals surface area contributed by atoms with E-state index in [-0.39, 0.29) is 11.7 Å². The molecule has 0 heterocycles. The molecule has 0 aliphatic heterocycles. The van der Waals surface area contributed by atoms with E-state index >= 15 is 0 Å². The Morgan fingerprint density at radius 3 is 2.64 bits per heavy atom. The number of hydrogen-bond acceptors (Lipinski definition) is 3. The van der Waals surface area contributed by atoms with E-state index in [2.05, 4.69) is 36.5 Å². The summed E-state index contributed by atoms with van der Waals surface area (Å²) < 4.78 is 13.6. The second-order valence-corrected chi connectivity index (χ2v) is 8.19. The highest BCUT2D eigenvalue weighted by atomic mass is 35.5. The number of halogens is 2. The number of rotatable bonds is 9. The van der Waals surface area contributed by atoms with Crippen LogP contribution in [0, 0.1) is 12.7 Å². The van der Waals surface area contributed by atoms with Gasteiger partial charge in [0.2, 0.25) is 5.91 Å². The zero-order valence-electron chi connectivity index (χ0n) is 14.1. The fourth-order valence-electron chi connectivity index (χ4n) is 2.09. The van der Waals surface area contributed by atoms with Crippen LogP contribution in [0.2, 0.25) is 5.02 Å². The van der Waals surface area contributed by atoms with Crippen molar-refractivity contribution in [3.8, 4) is 0 Å². The summed E-state index contributed by atoms with van der Waals surface area (Å²) >= 11 is 9.22. The molecule has 0 saturated heterocycles. The zero-order chi connectivity index (χ0) is 18.1. The van der Waals surface area contributed by atoms with Crippen molar-refractivity contribution in [2.75, 3.05) is 18.1 Å². The van der Waals surface area contributed by atoms with Crippen LogP contribution in [-0.4, -0.2) is 24.0 Å². The molecule has 0 saturated carbocycles. The van der Waals surface area contributed by atoms with Crippen molar-refractivity contribution in [3.05, 3.63) is 64.4 Å². The molecular weight excluding hydrogens is 377 g/mol. The Labute approximate surface area is 161 Å². The quantitative estimate of drug-likeness (QED) is 0.458. The first-order valence-electron chi connectivity index (χ1n) is 8.03. The molecule has 0 spiro atoms. The van der Waals surface area contributed by atoms with Crippen molar-refractivity contribution >= 4 is 41.0 Å². The van der Waals surface area contributed by atoms with Gasteiger partial charge in [0, 0.05) is 45.7 Å². The Balaban J connectivity index is 1.57. The highest BCUT2D eigenvalue weighted by Gasteiger charge is 2.07. The van der Waals surface area contributed by atoms with Crippen LogP contribution in [0.25, 0.3) is 0 Å². The van der Waals surface area contributed by atoms with Gasteiger partial charge < -0.3 is 5.32 Å². The lowest BCUT2D eigenvalue weighted by Crippen LogP contribution is -2.25. The van der Waals surface area contributed by atoms with Crippen LogP contribution in [0.15, 0.2) is 47.4 Å². The minimum Gasteiger partial charge on any atom is -0.355 e. The van der Waals surface area contributed by atoms with Gasteiger partial charge in [0.05, 0.1) is 0 Å². The summed E-state index contributed by atoms with van der Waals surface area (Å²) in [5, 5.41) is 3.34. The minimum atomic E-state index is -0.280. The molecule has 6 heteroatoms. The Morgan fingerprint density at radius 1 is 1.16 bits per heavy atom. The van der Waals surface area contributed by atoms with E-state index in [0.29, 0.717) is 29.3 Å². The highest BCUT2D eigenvalue weighted by molar-refractivity contribution is 7.99. The van der Waals surface area contributed by atoms with E-state index in [1.165, 1.54) is 16.5 Å². The fourth-order valence-corrected chi connectivity index (χ4v) is 4.14. The molecular formula is C19H21ClFNOS2. The van der Waals surface area contributed by atoms with Crippen molar-refractivity contribution < 1.29 is 9.18 Å². The van der Waals surface area contributed by atoms with Crippen LogP contribution < -0.4 is 5.32 Å². The molecule has 2 rings (SSSR count). The molecule has 1 amide bonds. The zero-order valence-corrected chi connectivity index (χ0v) is 16.4. The van der Waals surface area contributed by atoms with Crippen LogP contribution in [0.5, 0.6) is 0 Å². The molecule has 134 valence electrons. The van der Waals surface area contributed by atoms with E-state index in [0.717, 1.165) is 11.5 Å². The lowest BCUT2D eigenvalue weighted by Gasteiger charge is -2.07. The molecule has 0 aromatic heterocycles. The highest BCUT2D eigenvalue weighted by Crippen LogP contribution is 2.23. The van der Waals surface area contributed by atoms with Crippen molar-refractivity contribution in [1.29, 1.82) is 0 Å². The second-order valence-electron chi connectivity index (χ2n) is 5.51. The van der Waals surface area contributed by atoms with Gasteiger partial charge in [0.15, 0.2) is 0 Å². The van der Waals surface area contributed by atoms with Gasteiger partial charge >= 0.3 is 0 Å². The van der Waals surface area contributed by atoms with Gasteiger partial charge in [0.1, 0.15) is 5.82 Å². The molecule has 0 fully saturated rings. The minimum absolute atomic E-state index is 0.0455. The smallest absolute Gasteiger partial charge is 0.220 e. The van der Waals surface area contributed by atoms with Gasteiger partial charge in [-0.1, -0.05) is 35.4 Å². The second kappa shape index (κ2) is 10.7. The third-order valence-electron chi connectivity index (χ3n) is 3.50. The first-order chi connectivity index (χ1) is 12.1. The van der Waals surface area contributed by atoms with Crippen LogP contribution in [0.4, 0.5) is 4.39 Å². The number of benzene rings is 2. The number of nitrogens with one attached hydrogen (secondary N) is 1. The molecule has 2 nitrogen and oxygen atoms in total. The Hall–Kier alpha value is -1.17. The number of aryl methyl sites for hydroxylation is 1. The third kappa shape index (κ3) is 7.30. The molecule has 0 radical (unpaired) electrons. The van der Waals surface area contributed by atoms with Crippen molar-refractivity contribution in [1.82, 2.24) is 5.32 Å². The predicted octanol–water partition coefficient (Wildman–Crippen LogP) is 5.32. The van der Waals surface area contributed by atoms with E-state index in [9.17, 15) is 9.18 Å². The monoisotopic (exact) mass is 397 g/mol. The van der Waals surface area contributed by atoms with Gasteiger partial charge in [-0.2, -0.15) is 11.8 Å². The SMILES string of the molecule is Cc1ccc(SCCC(=O)NCCSCc2c(F)cccc2Cl)cc1. The molecule has 1 N–H and O–H groups in total. The summed E-state index contributed by atoms with van der Waals surface area (Å²) in [5.74, 6) is 1.75. The Bertz CT molecular complexity index is 674.